The van der Waals surface area contributed by atoms with E-state index in [0.717, 1.165) is 27.8 Å². The van der Waals surface area contributed by atoms with E-state index in [1.807, 2.05) is 49.3 Å². The van der Waals surface area contributed by atoms with Crippen molar-refractivity contribution in [2.45, 2.75) is 57.9 Å². The highest BCUT2D eigenvalue weighted by molar-refractivity contribution is 6.18. The summed E-state index contributed by atoms with van der Waals surface area (Å²) in [6, 6.07) is 15.2. The van der Waals surface area contributed by atoms with Gasteiger partial charge in [-0.15, -0.1) is 23.2 Å². The Morgan fingerprint density at radius 1 is 1.08 bits per heavy atom. The molecule has 2 aromatic heterocycles. The molecule has 4 aromatic rings. The molecule has 1 atom stereocenters. The average Bonchev–Trinajstić information content (AvgIpc) is 3.44. The van der Waals surface area contributed by atoms with E-state index in [1.54, 1.807) is 29.7 Å². The van der Waals surface area contributed by atoms with Crippen LogP contribution < -0.4 is 10.5 Å². The highest BCUT2D eigenvalue weighted by Crippen LogP contribution is 2.42. The molecule has 0 radical (unpaired) electrons. The van der Waals surface area contributed by atoms with Crippen LogP contribution in [0.5, 0.6) is 5.75 Å². The molecule has 6 rings (SSSR count). The lowest BCUT2D eigenvalue weighted by atomic mass is 9.85. The van der Waals surface area contributed by atoms with Crippen molar-refractivity contribution >= 4 is 51.7 Å². The number of alkyl halides is 2. The second-order valence-corrected chi connectivity index (χ2v) is 13.5. The third-order valence-electron chi connectivity index (χ3n) is 9.37. The van der Waals surface area contributed by atoms with Gasteiger partial charge in [0.25, 0.3) is 5.56 Å². The minimum atomic E-state index is -1.75. The van der Waals surface area contributed by atoms with E-state index in [-0.39, 0.29) is 37.3 Å². The summed E-state index contributed by atoms with van der Waals surface area (Å²) in [5.41, 5.74) is 4.08. The molecule has 0 saturated heterocycles. The molecule has 4 heterocycles. The Bertz CT molecular complexity index is 1960. The standard InChI is InChI=1S/C37H40Cl2N4O6/c1-4-37(49-33(45)7-5-6-23-8-10-25(11-9-23)42(16-14-38)17-15-39)29-19-31-34-24(20-43(31)35(46)28(29)22-48-36(37)47)18-26-27(21-41(2)3)32(44)13-12-30(26)40-34/h8-13,18-19,44H,4-7,14-17,20-22H2,1-3H3/t37-/m0/s1. The lowest BCUT2D eigenvalue weighted by Gasteiger charge is -2.35. The van der Waals surface area contributed by atoms with Gasteiger partial charge in [-0.1, -0.05) is 19.1 Å². The van der Waals surface area contributed by atoms with Crippen LogP contribution in [-0.4, -0.2) is 70.4 Å². The number of anilines is 1. The molecule has 2 aliphatic heterocycles. The average molecular weight is 708 g/mol. The van der Waals surface area contributed by atoms with Gasteiger partial charge in [0.05, 0.1) is 29.0 Å². The number of fused-ring (bicyclic) bond motifs is 5. The maximum absolute atomic E-state index is 13.9. The molecule has 2 aliphatic rings. The molecule has 12 heteroatoms. The summed E-state index contributed by atoms with van der Waals surface area (Å²) in [7, 11) is 3.85. The van der Waals surface area contributed by atoms with Crippen LogP contribution in [0.4, 0.5) is 5.69 Å². The van der Waals surface area contributed by atoms with E-state index in [1.165, 1.54) is 0 Å². The number of carbonyl (C=O) groups is 2. The van der Waals surface area contributed by atoms with E-state index >= 15 is 0 Å². The number of aromatic nitrogens is 2. The molecule has 1 N–H and O–H groups in total. The molecule has 0 aliphatic carbocycles. The first-order valence-corrected chi connectivity index (χ1v) is 17.6. The number of rotatable bonds is 13. The van der Waals surface area contributed by atoms with E-state index in [2.05, 4.69) is 4.90 Å². The van der Waals surface area contributed by atoms with Gasteiger partial charge in [0.15, 0.2) is 0 Å². The Hall–Kier alpha value is -4.12. The van der Waals surface area contributed by atoms with Crippen LogP contribution in [0, 0.1) is 0 Å². The number of aromatic hydroxyl groups is 1. The number of ether oxygens (including phenoxy) is 2. The lowest BCUT2D eigenvalue weighted by molar-refractivity contribution is -0.189. The molecule has 0 fully saturated rings. The fourth-order valence-electron chi connectivity index (χ4n) is 6.87. The predicted molar refractivity (Wildman–Crippen MR) is 190 cm³/mol. The highest BCUT2D eigenvalue weighted by Gasteiger charge is 2.50. The number of hydrogen-bond acceptors (Lipinski definition) is 9. The normalized spacial score (nSPS) is 16.3. The third kappa shape index (κ3) is 6.61. The number of aryl methyl sites for hydroxylation is 1. The number of phenols is 1. The maximum atomic E-state index is 13.9. The topological polar surface area (TPSA) is 114 Å². The quantitative estimate of drug-likeness (QED) is 0.122. The van der Waals surface area contributed by atoms with Crippen LogP contribution in [0.3, 0.4) is 0 Å². The Kier molecular flexibility index (Phi) is 10.2. The molecule has 49 heavy (non-hydrogen) atoms. The van der Waals surface area contributed by atoms with Crippen LogP contribution in [0.2, 0.25) is 0 Å². The zero-order chi connectivity index (χ0) is 34.9. The number of benzene rings is 2. The second-order valence-electron chi connectivity index (χ2n) is 12.8. The Morgan fingerprint density at radius 2 is 1.82 bits per heavy atom. The number of hydrogen-bond donors (Lipinski definition) is 1. The minimum absolute atomic E-state index is 0.0825. The molecular formula is C37H40Cl2N4O6. The number of nitrogens with zero attached hydrogens (tertiary/aromatic N) is 4. The predicted octanol–water partition coefficient (Wildman–Crippen LogP) is 5.70. The molecule has 258 valence electrons. The van der Waals surface area contributed by atoms with Crippen LogP contribution in [0.15, 0.2) is 53.3 Å². The number of cyclic esters (lactones) is 1. The molecule has 2 aromatic carbocycles. The molecular weight excluding hydrogens is 667 g/mol. The first-order chi connectivity index (χ1) is 23.6. The van der Waals surface area contributed by atoms with Crippen molar-refractivity contribution in [3.8, 4) is 17.1 Å². The Labute approximate surface area is 295 Å². The zero-order valence-corrected chi connectivity index (χ0v) is 29.4. The van der Waals surface area contributed by atoms with E-state index in [4.69, 9.17) is 37.7 Å². The minimum Gasteiger partial charge on any atom is -0.508 e. The first-order valence-electron chi connectivity index (χ1n) is 16.5. The fourth-order valence-corrected chi connectivity index (χ4v) is 7.28. The summed E-state index contributed by atoms with van der Waals surface area (Å²) in [5.74, 6) is -0.0522. The van der Waals surface area contributed by atoms with Gasteiger partial charge in [-0.2, -0.15) is 0 Å². The van der Waals surface area contributed by atoms with Crippen LogP contribution in [-0.2, 0) is 50.8 Å². The van der Waals surface area contributed by atoms with Gasteiger partial charge in [-0.05, 0) is 75.3 Å². The van der Waals surface area contributed by atoms with Crippen molar-refractivity contribution in [2.24, 2.45) is 0 Å². The summed E-state index contributed by atoms with van der Waals surface area (Å²) in [6.07, 6.45) is 1.33. The molecule has 0 amide bonds. The van der Waals surface area contributed by atoms with Gasteiger partial charge in [-0.25, -0.2) is 9.78 Å². The number of pyridine rings is 2. The van der Waals surface area contributed by atoms with Crippen molar-refractivity contribution in [3.05, 3.63) is 86.7 Å². The van der Waals surface area contributed by atoms with Crippen molar-refractivity contribution in [1.82, 2.24) is 14.5 Å². The molecule has 0 unspecified atom stereocenters. The van der Waals surface area contributed by atoms with Gasteiger partial charge in [0, 0.05) is 65.6 Å². The number of carbonyl (C=O) groups excluding carboxylic acids is 2. The monoisotopic (exact) mass is 706 g/mol. The van der Waals surface area contributed by atoms with Crippen molar-refractivity contribution in [2.75, 3.05) is 43.8 Å². The Balaban J connectivity index is 1.25. The van der Waals surface area contributed by atoms with Gasteiger partial charge < -0.3 is 28.9 Å². The summed E-state index contributed by atoms with van der Waals surface area (Å²) >= 11 is 11.9. The summed E-state index contributed by atoms with van der Waals surface area (Å²) in [6.45, 7) is 3.73. The molecule has 0 saturated carbocycles. The van der Waals surface area contributed by atoms with Gasteiger partial charge in [-0.3, -0.25) is 9.59 Å². The van der Waals surface area contributed by atoms with Crippen molar-refractivity contribution in [1.29, 1.82) is 0 Å². The Morgan fingerprint density at radius 3 is 2.49 bits per heavy atom. The van der Waals surface area contributed by atoms with Crippen LogP contribution in [0.1, 0.15) is 54.0 Å². The van der Waals surface area contributed by atoms with E-state index < -0.39 is 17.5 Å². The zero-order valence-electron chi connectivity index (χ0n) is 27.9. The van der Waals surface area contributed by atoms with E-state index in [0.29, 0.717) is 72.3 Å². The summed E-state index contributed by atoms with van der Waals surface area (Å²) < 4.78 is 13.1. The smallest absolute Gasteiger partial charge is 0.355 e. The number of halogens is 2. The van der Waals surface area contributed by atoms with Crippen molar-refractivity contribution < 1.29 is 24.2 Å². The largest absolute Gasteiger partial charge is 0.508 e. The first kappa shape index (κ1) is 34.7. The summed E-state index contributed by atoms with van der Waals surface area (Å²) in [4.78, 5) is 49.7. The van der Waals surface area contributed by atoms with Crippen LogP contribution >= 0.6 is 23.2 Å². The SMILES string of the molecule is CC[C@@]1(OC(=O)CCCc2ccc(N(CCCl)CCCl)cc2)C(=O)OCc2c1cc1n(c2=O)Cc2cc3c(CN(C)C)c(O)ccc3nc2-1. The third-order valence-corrected chi connectivity index (χ3v) is 9.70. The highest BCUT2D eigenvalue weighted by atomic mass is 35.5. The van der Waals surface area contributed by atoms with Gasteiger partial charge in [0.1, 0.15) is 12.4 Å². The molecule has 0 spiro atoms. The van der Waals surface area contributed by atoms with Gasteiger partial charge in [0.2, 0.25) is 5.60 Å². The lowest BCUT2D eigenvalue weighted by Crippen LogP contribution is -2.47. The number of phenolic OH excluding ortho intramolecular Hbond substituents is 1. The fraction of sp³-hybridized carbons (Fsp3) is 0.405. The van der Waals surface area contributed by atoms with Gasteiger partial charge >= 0.3 is 11.9 Å². The molecule has 10 nitrogen and oxygen atoms in total. The van der Waals surface area contributed by atoms with E-state index in [9.17, 15) is 19.5 Å². The maximum Gasteiger partial charge on any atom is 0.355 e. The van der Waals surface area contributed by atoms with Crippen LogP contribution in [0.25, 0.3) is 22.3 Å². The van der Waals surface area contributed by atoms with Crippen molar-refractivity contribution in [3.63, 3.8) is 0 Å². The number of esters is 2. The molecule has 0 bridgehead atoms. The second kappa shape index (κ2) is 14.4. The summed E-state index contributed by atoms with van der Waals surface area (Å²) in [5, 5.41) is 11.4.